The molecule has 0 amide bonds. The van der Waals surface area contributed by atoms with Crippen LogP contribution in [0.5, 0.6) is 5.75 Å². The number of aromatic nitrogens is 3. The Labute approximate surface area is 243 Å². The smallest absolute Gasteiger partial charge is 0.307 e. The van der Waals surface area contributed by atoms with Gasteiger partial charge in [-0.25, -0.2) is 15.0 Å². The molecule has 1 unspecified atom stereocenters. The Kier molecular flexibility index (Phi) is 7.74. The van der Waals surface area contributed by atoms with E-state index < -0.39 is 11.6 Å². The van der Waals surface area contributed by atoms with Crippen molar-refractivity contribution in [2.24, 2.45) is 0 Å². The van der Waals surface area contributed by atoms with Crippen LogP contribution in [-0.2, 0) is 11.2 Å². The van der Waals surface area contributed by atoms with Crippen LogP contribution in [0.2, 0.25) is 5.02 Å². The molecule has 8 nitrogen and oxygen atoms in total. The molecule has 0 saturated carbocycles. The molecule has 1 atom stereocenters. The van der Waals surface area contributed by atoms with Crippen LogP contribution in [0.15, 0.2) is 36.5 Å². The monoisotopic (exact) mass is 579 g/mol. The molecule has 4 aromatic rings. The third-order valence-corrected chi connectivity index (χ3v) is 8.26. The molecule has 2 aromatic heterocycles. The van der Waals surface area contributed by atoms with E-state index in [9.17, 15) is 9.90 Å². The summed E-state index contributed by atoms with van der Waals surface area (Å²) in [7, 11) is 2.13. The Bertz CT molecular complexity index is 1580. The van der Waals surface area contributed by atoms with E-state index >= 15 is 0 Å². The number of fused-ring (bicyclic) bond motifs is 1. The van der Waals surface area contributed by atoms with Crippen molar-refractivity contribution in [1.29, 1.82) is 0 Å². The summed E-state index contributed by atoms with van der Waals surface area (Å²) in [5.74, 6) is 0.392. The van der Waals surface area contributed by atoms with Crippen molar-refractivity contribution in [3.63, 3.8) is 0 Å². The van der Waals surface area contributed by atoms with Crippen LogP contribution in [0.25, 0.3) is 32.0 Å². The van der Waals surface area contributed by atoms with Gasteiger partial charge in [0.05, 0.1) is 16.6 Å². The maximum Gasteiger partial charge on any atom is 0.307 e. The predicted molar refractivity (Wildman–Crippen MR) is 162 cm³/mol. The molecule has 0 spiro atoms. The number of aliphatic carboxylic acids is 1. The van der Waals surface area contributed by atoms with Crippen molar-refractivity contribution in [3.8, 4) is 27.6 Å². The number of anilines is 1. The molecule has 2 aromatic carbocycles. The minimum Gasteiger partial charge on any atom is -0.487 e. The van der Waals surface area contributed by atoms with Gasteiger partial charge in [0.2, 0.25) is 5.95 Å². The number of likely N-dealkylation sites (N-methyl/N-ethyl adjacent to an activating group) is 1. The summed E-state index contributed by atoms with van der Waals surface area (Å²) >= 11 is 7.88. The molecular formula is C30H34ClN5O3S. The number of halogens is 1. The van der Waals surface area contributed by atoms with E-state index in [1.54, 1.807) is 18.3 Å². The minimum absolute atomic E-state index is 0.124. The van der Waals surface area contributed by atoms with E-state index in [1.807, 2.05) is 45.9 Å². The number of ether oxygens (including phenoxy) is 1. The third kappa shape index (κ3) is 5.92. The summed E-state index contributed by atoms with van der Waals surface area (Å²) in [4.78, 5) is 31.0. The molecule has 1 saturated heterocycles. The van der Waals surface area contributed by atoms with Crippen molar-refractivity contribution in [2.75, 3.05) is 31.6 Å². The maximum absolute atomic E-state index is 12.0. The molecular weight excluding hydrogens is 546 g/mol. The molecule has 40 heavy (non-hydrogen) atoms. The summed E-state index contributed by atoms with van der Waals surface area (Å²) in [5, 5.41) is 11.1. The van der Waals surface area contributed by atoms with Gasteiger partial charge in [-0.1, -0.05) is 11.6 Å². The molecule has 0 bridgehead atoms. The standard InChI is InChI=1S/C30H34ClN5O3S/c1-17-13-23-27(26(21(17)15-25(37)38)20-8-7-19(31)14-24(20)39-30(3,4)5)40-28(33-23)22-9-10-32-29(34-22)36-12-11-35(6)16-18(36)2/h7-10,13-14,18H,11-12,15-16H2,1-6H3,(H,37,38). The first-order valence-electron chi connectivity index (χ1n) is 13.3. The van der Waals surface area contributed by atoms with Crippen LogP contribution in [0.4, 0.5) is 5.95 Å². The van der Waals surface area contributed by atoms with Gasteiger partial charge in [-0.3, -0.25) is 4.79 Å². The summed E-state index contributed by atoms with van der Waals surface area (Å²) in [5.41, 5.74) is 4.22. The second-order valence-electron chi connectivity index (χ2n) is 11.4. The highest BCUT2D eigenvalue weighted by Gasteiger charge is 2.26. The Morgan fingerprint density at radius 3 is 2.67 bits per heavy atom. The molecule has 0 radical (unpaired) electrons. The van der Waals surface area contributed by atoms with E-state index in [4.69, 9.17) is 26.3 Å². The SMILES string of the molecule is Cc1cc2nc(-c3ccnc(N4CCN(C)CC4C)n3)sc2c(-c2ccc(Cl)cc2OC(C)(C)C)c1CC(=O)O. The highest BCUT2D eigenvalue weighted by molar-refractivity contribution is 7.22. The number of carboxylic acid groups (broad SMARTS) is 1. The van der Waals surface area contributed by atoms with Crippen molar-refractivity contribution >= 4 is 45.1 Å². The zero-order valence-electron chi connectivity index (χ0n) is 23.7. The Morgan fingerprint density at radius 1 is 1.20 bits per heavy atom. The van der Waals surface area contributed by atoms with Gasteiger partial charge < -0.3 is 19.6 Å². The van der Waals surface area contributed by atoms with Gasteiger partial charge in [0, 0.05) is 48.0 Å². The van der Waals surface area contributed by atoms with Crippen LogP contribution < -0.4 is 9.64 Å². The highest BCUT2D eigenvalue weighted by atomic mass is 35.5. The molecule has 1 aliphatic heterocycles. The quantitative estimate of drug-likeness (QED) is 0.283. The van der Waals surface area contributed by atoms with Crippen molar-refractivity contribution in [1.82, 2.24) is 19.9 Å². The average Bonchev–Trinajstić information content (AvgIpc) is 3.27. The Morgan fingerprint density at radius 2 is 1.98 bits per heavy atom. The number of aryl methyl sites for hydroxylation is 1. The number of hydrogen-bond acceptors (Lipinski definition) is 8. The average molecular weight is 580 g/mol. The predicted octanol–water partition coefficient (Wildman–Crippen LogP) is 6.33. The molecule has 1 N–H and O–H groups in total. The number of piperazine rings is 1. The van der Waals surface area contributed by atoms with Gasteiger partial charge in [0.1, 0.15) is 22.1 Å². The lowest BCUT2D eigenvalue weighted by molar-refractivity contribution is -0.136. The summed E-state index contributed by atoms with van der Waals surface area (Å²) < 4.78 is 7.21. The lowest BCUT2D eigenvalue weighted by Crippen LogP contribution is -2.51. The van der Waals surface area contributed by atoms with E-state index in [-0.39, 0.29) is 6.42 Å². The normalized spacial score (nSPS) is 16.5. The second kappa shape index (κ2) is 11.0. The molecule has 0 aliphatic carbocycles. The van der Waals surface area contributed by atoms with Crippen molar-refractivity contribution < 1.29 is 14.6 Å². The van der Waals surface area contributed by atoms with Crippen LogP contribution in [0, 0.1) is 6.92 Å². The number of carbonyl (C=O) groups is 1. The number of hydrogen-bond donors (Lipinski definition) is 1. The fraction of sp³-hybridized carbons (Fsp3) is 0.400. The van der Waals surface area contributed by atoms with Crippen LogP contribution in [0.3, 0.4) is 0 Å². The molecule has 210 valence electrons. The van der Waals surface area contributed by atoms with Gasteiger partial charge in [0.25, 0.3) is 0 Å². The van der Waals surface area contributed by atoms with E-state index in [2.05, 4.69) is 28.8 Å². The summed E-state index contributed by atoms with van der Waals surface area (Å²) in [6, 6.07) is 9.63. The Hall–Kier alpha value is -3.27. The van der Waals surface area contributed by atoms with Gasteiger partial charge in [-0.15, -0.1) is 11.3 Å². The van der Waals surface area contributed by atoms with E-state index in [0.717, 1.165) is 62.8 Å². The second-order valence-corrected chi connectivity index (χ2v) is 12.8. The van der Waals surface area contributed by atoms with Crippen LogP contribution in [0.1, 0.15) is 38.8 Å². The third-order valence-electron chi connectivity index (χ3n) is 6.92. The molecule has 1 fully saturated rings. The largest absolute Gasteiger partial charge is 0.487 e. The summed E-state index contributed by atoms with van der Waals surface area (Å²) in [6.45, 7) is 12.8. The van der Waals surface area contributed by atoms with E-state index in [1.165, 1.54) is 11.3 Å². The first-order valence-corrected chi connectivity index (χ1v) is 14.5. The highest BCUT2D eigenvalue weighted by Crippen LogP contribution is 2.45. The fourth-order valence-electron chi connectivity index (χ4n) is 5.17. The van der Waals surface area contributed by atoms with Crippen molar-refractivity contribution in [3.05, 3.63) is 52.7 Å². The van der Waals surface area contributed by atoms with Gasteiger partial charge in [-0.2, -0.15) is 0 Å². The summed E-state index contributed by atoms with van der Waals surface area (Å²) in [6.07, 6.45) is 1.66. The van der Waals surface area contributed by atoms with E-state index in [0.29, 0.717) is 22.8 Å². The van der Waals surface area contributed by atoms with Crippen LogP contribution in [-0.4, -0.2) is 69.3 Å². The molecule has 10 heteroatoms. The first-order chi connectivity index (χ1) is 18.9. The number of thiazole rings is 1. The molecule has 1 aliphatic rings. The fourth-order valence-corrected chi connectivity index (χ4v) is 6.43. The first kappa shape index (κ1) is 28.3. The zero-order chi connectivity index (χ0) is 28.8. The number of nitrogens with zero attached hydrogens (tertiary/aromatic N) is 5. The lowest BCUT2D eigenvalue weighted by Gasteiger charge is -2.38. The Balaban J connectivity index is 1.68. The maximum atomic E-state index is 12.0. The van der Waals surface area contributed by atoms with Gasteiger partial charge in [0.15, 0.2) is 0 Å². The topological polar surface area (TPSA) is 91.7 Å². The lowest BCUT2D eigenvalue weighted by atomic mass is 9.92. The van der Waals surface area contributed by atoms with Gasteiger partial charge >= 0.3 is 5.97 Å². The van der Waals surface area contributed by atoms with Crippen molar-refractivity contribution in [2.45, 2.75) is 52.7 Å². The number of rotatable bonds is 6. The number of benzene rings is 2. The van der Waals surface area contributed by atoms with Crippen LogP contribution >= 0.6 is 22.9 Å². The molecule has 3 heterocycles. The minimum atomic E-state index is -0.901. The zero-order valence-corrected chi connectivity index (χ0v) is 25.2. The van der Waals surface area contributed by atoms with Gasteiger partial charge in [-0.05, 0) is 83.1 Å². The number of carboxylic acids is 1. The molecule has 5 rings (SSSR count).